The minimum absolute atomic E-state index is 0.0388. The van der Waals surface area contributed by atoms with E-state index < -0.39 is 5.91 Å². The molecule has 2 aromatic rings. The average molecular weight is 339 g/mol. The summed E-state index contributed by atoms with van der Waals surface area (Å²) in [7, 11) is 0. The second-order valence-electron chi connectivity index (χ2n) is 5.63. The van der Waals surface area contributed by atoms with Crippen molar-refractivity contribution >= 4 is 29.3 Å². The third kappa shape index (κ3) is 3.58. The van der Waals surface area contributed by atoms with Crippen molar-refractivity contribution < 1.29 is 9.53 Å². The van der Waals surface area contributed by atoms with Crippen molar-refractivity contribution in [2.75, 3.05) is 5.32 Å². The smallest absolute Gasteiger partial charge is 0.266 e. The second-order valence-corrected chi connectivity index (χ2v) is 6.07. The molecule has 1 amide bonds. The predicted molar refractivity (Wildman–Crippen MR) is 93.9 cm³/mol. The maximum Gasteiger partial charge on any atom is 0.266 e. The minimum Gasteiger partial charge on any atom is -0.490 e. The molecule has 5 heteroatoms. The van der Waals surface area contributed by atoms with Crippen molar-refractivity contribution in [1.82, 2.24) is 0 Å². The minimum atomic E-state index is -0.454. The van der Waals surface area contributed by atoms with Gasteiger partial charge in [-0.15, -0.1) is 0 Å². The lowest BCUT2D eigenvalue weighted by molar-refractivity contribution is -0.112. The van der Waals surface area contributed by atoms with Gasteiger partial charge in [-0.3, -0.25) is 4.79 Å². The Balaban J connectivity index is 1.79. The quantitative estimate of drug-likeness (QED) is 0.673. The van der Waals surface area contributed by atoms with Crippen LogP contribution in [0.2, 0.25) is 5.02 Å². The number of rotatable bonds is 3. The summed E-state index contributed by atoms with van der Waals surface area (Å²) < 4.78 is 5.65. The third-order valence-electron chi connectivity index (χ3n) is 3.70. The van der Waals surface area contributed by atoms with Crippen LogP contribution >= 0.6 is 11.6 Å². The second kappa shape index (κ2) is 6.77. The Kier molecular flexibility index (Phi) is 4.54. The fourth-order valence-corrected chi connectivity index (χ4v) is 2.70. The molecule has 1 aliphatic rings. The van der Waals surface area contributed by atoms with E-state index in [9.17, 15) is 10.1 Å². The number of carbonyl (C=O) groups is 1. The normalized spacial score (nSPS) is 16.0. The summed E-state index contributed by atoms with van der Waals surface area (Å²) >= 11 is 5.82. The largest absolute Gasteiger partial charge is 0.490 e. The molecule has 0 radical (unpaired) electrons. The number of hydrogen-bond donors (Lipinski definition) is 1. The number of carbonyl (C=O) groups excluding carboxylic acids is 1. The van der Waals surface area contributed by atoms with Gasteiger partial charge in [0.1, 0.15) is 23.5 Å². The first kappa shape index (κ1) is 16.1. The van der Waals surface area contributed by atoms with Crippen LogP contribution in [0.15, 0.2) is 48.0 Å². The molecule has 0 aromatic heterocycles. The summed E-state index contributed by atoms with van der Waals surface area (Å²) in [6, 6.07) is 14.3. The van der Waals surface area contributed by atoms with Crippen molar-refractivity contribution in [2.24, 2.45) is 0 Å². The Bertz CT molecular complexity index is 851. The molecule has 0 unspecified atom stereocenters. The van der Waals surface area contributed by atoms with E-state index in [2.05, 4.69) is 5.32 Å². The van der Waals surface area contributed by atoms with Crippen LogP contribution in [0.4, 0.5) is 5.69 Å². The first-order valence-corrected chi connectivity index (χ1v) is 7.91. The van der Waals surface area contributed by atoms with Gasteiger partial charge in [0.05, 0.1) is 0 Å². The first-order chi connectivity index (χ1) is 11.5. The van der Waals surface area contributed by atoms with Gasteiger partial charge in [-0.2, -0.15) is 5.26 Å². The summed E-state index contributed by atoms with van der Waals surface area (Å²) in [6.07, 6.45) is 2.56. The maximum atomic E-state index is 12.3. The van der Waals surface area contributed by atoms with Gasteiger partial charge in [0.2, 0.25) is 0 Å². The summed E-state index contributed by atoms with van der Waals surface area (Å²) in [4.78, 5) is 12.3. The number of nitriles is 1. The highest BCUT2D eigenvalue weighted by molar-refractivity contribution is 6.30. The molecule has 0 saturated heterocycles. The SMILES string of the molecule is C[C@@H]1Cc2cc(/C=C(/C#N)C(=O)Nc3ccc(Cl)cc3)ccc2O1. The molecule has 4 nitrogen and oxygen atoms in total. The van der Waals surface area contributed by atoms with E-state index >= 15 is 0 Å². The number of amides is 1. The van der Waals surface area contributed by atoms with Crippen LogP contribution in [-0.4, -0.2) is 12.0 Å². The van der Waals surface area contributed by atoms with Crippen molar-refractivity contribution in [3.05, 3.63) is 64.2 Å². The molecule has 2 aromatic carbocycles. The molecule has 0 spiro atoms. The molecular weight excluding hydrogens is 324 g/mol. The van der Waals surface area contributed by atoms with Gasteiger partial charge < -0.3 is 10.1 Å². The standard InChI is InChI=1S/C19H15ClN2O2/c1-12-8-14-9-13(2-7-18(14)24-12)10-15(11-21)19(23)22-17-5-3-16(20)4-6-17/h2-7,9-10,12H,8H2,1H3,(H,22,23)/b15-10-/t12-/m1/s1. The Morgan fingerprint density at radius 1 is 1.33 bits per heavy atom. The van der Waals surface area contributed by atoms with Gasteiger partial charge in [-0.1, -0.05) is 17.7 Å². The molecule has 1 aliphatic heterocycles. The average Bonchev–Trinajstić information content (AvgIpc) is 2.94. The van der Waals surface area contributed by atoms with Crippen LogP contribution in [0, 0.1) is 11.3 Å². The highest BCUT2D eigenvalue weighted by Crippen LogP contribution is 2.30. The molecule has 24 heavy (non-hydrogen) atoms. The zero-order chi connectivity index (χ0) is 17.1. The zero-order valence-electron chi connectivity index (χ0n) is 13.0. The molecule has 0 aliphatic carbocycles. The van der Waals surface area contributed by atoms with Crippen molar-refractivity contribution in [2.45, 2.75) is 19.4 Å². The van der Waals surface area contributed by atoms with Crippen LogP contribution in [-0.2, 0) is 11.2 Å². The number of benzene rings is 2. The van der Waals surface area contributed by atoms with Crippen LogP contribution in [0.25, 0.3) is 6.08 Å². The van der Waals surface area contributed by atoms with Crippen molar-refractivity contribution in [3.8, 4) is 11.8 Å². The monoisotopic (exact) mass is 338 g/mol. The highest BCUT2D eigenvalue weighted by Gasteiger charge is 2.19. The van der Waals surface area contributed by atoms with E-state index in [1.54, 1.807) is 30.3 Å². The topological polar surface area (TPSA) is 62.1 Å². The van der Waals surface area contributed by atoms with Crippen molar-refractivity contribution in [1.29, 1.82) is 5.26 Å². The molecule has 120 valence electrons. The number of fused-ring (bicyclic) bond motifs is 1. The summed E-state index contributed by atoms with van der Waals surface area (Å²) in [6.45, 7) is 2.01. The molecule has 0 saturated carbocycles. The Hall–Kier alpha value is -2.77. The lowest BCUT2D eigenvalue weighted by Crippen LogP contribution is -2.13. The molecule has 0 fully saturated rings. The van der Waals surface area contributed by atoms with Crippen LogP contribution < -0.4 is 10.1 Å². The number of nitrogens with one attached hydrogen (secondary N) is 1. The van der Waals surface area contributed by atoms with E-state index in [1.807, 2.05) is 31.2 Å². The molecule has 1 heterocycles. The maximum absolute atomic E-state index is 12.3. The lowest BCUT2D eigenvalue weighted by Gasteiger charge is -2.05. The molecule has 3 rings (SSSR count). The highest BCUT2D eigenvalue weighted by atomic mass is 35.5. The van der Waals surface area contributed by atoms with E-state index in [0.717, 1.165) is 23.3 Å². The van der Waals surface area contributed by atoms with E-state index in [-0.39, 0.29) is 11.7 Å². The summed E-state index contributed by atoms with van der Waals surface area (Å²) in [5, 5.41) is 12.6. The number of halogens is 1. The van der Waals surface area contributed by atoms with Gasteiger partial charge in [-0.05, 0) is 60.5 Å². The van der Waals surface area contributed by atoms with Gasteiger partial charge in [0, 0.05) is 17.1 Å². The van der Waals surface area contributed by atoms with Crippen LogP contribution in [0.1, 0.15) is 18.1 Å². The fraction of sp³-hybridized carbons (Fsp3) is 0.158. The Labute approximate surface area is 145 Å². The van der Waals surface area contributed by atoms with Gasteiger partial charge in [-0.25, -0.2) is 0 Å². The molecule has 1 atom stereocenters. The zero-order valence-corrected chi connectivity index (χ0v) is 13.8. The van der Waals surface area contributed by atoms with E-state index in [4.69, 9.17) is 16.3 Å². The van der Waals surface area contributed by atoms with Gasteiger partial charge >= 0.3 is 0 Å². The predicted octanol–water partition coefficient (Wildman–Crippen LogP) is 4.21. The van der Waals surface area contributed by atoms with Crippen molar-refractivity contribution in [3.63, 3.8) is 0 Å². The lowest BCUT2D eigenvalue weighted by atomic mass is 10.0. The van der Waals surface area contributed by atoms with E-state index in [0.29, 0.717) is 10.7 Å². The first-order valence-electron chi connectivity index (χ1n) is 7.53. The number of hydrogen-bond acceptors (Lipinski definition) is 3. The van der Waals surface area contributed by atoms with Gasteiger partial charge in [0.15, 0.2) is 0 Å². The summed E-state index contributed by atoms with van der Waals surface area (Å²) in [5.41, 5.74) is 2.51. The Morgan fingerprint density at radius 2 is 2.08 bits per heavy atom. The van der Waals surface area contributed by atoms with E-state index in [1.165, 1.54) is 0 Å². The third-order valence-corrected chi connectivity index (χ3v) is 3.95. The number of nitrogens with zero attached hydrogens (tertiary/aromatic N) is 1. The molecule has 1 N–H and O–H groups in total. The Morgan fingerprint density at radius 3 is 2.79 bits per heavy atom. The van der Waals surface area contributed by atoms with Crippen LogP contribution in [0.5, 0.6) is 5.75 Å². The molecule has 0 bridgehead atoms. The van der Waals surface area contributed by atoms with Gasteiger partial charge in [0.25, 0.3) is 5.91 Å². The van der Waals surface area contributed by atoms with Crippen LogP contribution in [0.3, 0.4) is 0 Å². The summed E-state index contributed by atoms with van der Waals surface area (Å²) in [5.74, 6) is 0.411. The molecular formula is C19H15ClN2O2. The number of anilines is 1. The number of ether oxygens (including phenoxy) is 1. The fourth-order valence-electron chi connectivity index (χ4n) is 2.58.